The van der Waals surface area contributed by atoms with E-state index in [1.54, 1.807) is 18.2 Å². The van der Waals surface area contributed by atoms with Crippen LogP contribution >= 0.6 is 23.2 Å². The van der Waals surface area contributed by atoms with E-state index in [9.17, 15) is 42.7 Å². The van der Waals surface area contributed by atoms with Gasteiger partial charge >= 0.3 is 28.9 Å². The van der Waals surface area contributed by atoms with Crippen molar-refractivity contribution in [3.05, 3.63) is 83.3 Å². The van der Waals surface area contributed by atoms with Crippen molar-refractivity contribution in [1.29, 1.82) is 0 Å². The zero-order valence-corrected chi connectivity index (χ0v) is 35.6. The second-order valence-corrected chi connectivity index (χ2v) is 17.5. The summed E-state index contributed by atoms with van der Waals surface area (Å²) < 4.78 is 76.4. The lowest BCUT2D eigenvalue weighted by molar-refractivity contribution is -0.126. The molecule has 3 rings (SSSR count). The normalized spacial score (nSPS) is 19.1. The number of amides is 2. The van der Waals surface area contributed by atoms with Crippen molar-refractivity contribution in [1.82, 2.24) is 20.2 Å². The van der Waals surface area contributed by atoms with Gasteiger partial charge in [-0.2, -0.15) is 4.31 Å². The number of nitrogens with one attached hydrogen (secondary N) is 3. The average molecular weight is 937 g/mol. The second kappa shape index (κ2) is 25.3. The van der Waals surface area contributed by atoms with Crippen LogP contribution in [0.15, 0.2) is 50.3 Å². The Morgan fingerprint density at radius 3 is 2.60 bits per heavy atom. The molecule has 2 heterocycles. The lowest BCUT2D eigenvalue weighted by Crippen LogP contribution is -2.34. The highest BCUT2D eigenvalue weighted by Gasteiger charge is 2.43. The SMILES string of the molecule is CCCCNC(=O)c1cccc(OCC(N=[N+]=[N-])OCCOCC(=O)NCC#Cc2cn([C@H]3C[C@@H](OCN=[N+]=[N-])[C@@H](COP(=O)(O)OP(=O)(O)OP(C)(=O)O)O3)c(=O)[nH]c2=O)c1. The number of ether oxygens (including phenoxy) is 5. The zero-order chi connectivity index (χ0) is 45.8. The molecule has 1 aromatic heterocycles. The molecule has 4 unspecified atom stereocenters. The van der Waals surface area contributed by atoms with Gasteiger partial charge in [-0.1, -0.05) is 41.5 Å². The molecular formula is C31H43N10O18P3. The third kappa shape index (κ3) is 19.0. The summed E-state index contributed by atoms with van der Waals surface area (Å²) in [5, 5.41) is 12.0. The number of nitrogens with zero attached hydrogens (tertiary/aromatic N) is 7. The van der Waals surface area contributed by atoms with Gasteiger partial charge in [0.1, 0.15) is 43.6 Å². The Bertz CT molecular complexity index is 2280. The molecule has 340 valence electrons. The predicted octanol–water partition coefficient (Wildman–Crippen LogP) is 2.29. The van der Waals surface area contributed by atoms with E-state index < -0.39 is 85.0 Å². The number of phosphoric ester groups is 1. The molecular weight excluding hydrogens is 893 g/mol. The number of hydrogen-bond acceptors (Lipinski definition) is 17. The van der Waals surface area contributed by atoms with Gasteiger partial charge in [-0.05, 0) is 35.7 Å². The molecule has 1 aliphatic rings. The van der Waals surface area contributed by atoms with E-state index in [0.29, 0.717) is 24.5 Å². The molecule has 62 heavy (non-hydrogen) atoms. The summed E-state index contributed by atoms with van der Waals surface area (Å²) in [5.74, 6) is 4.53. The lowest BCUT2D eigenvalue weighted by atomic mass is 10.2. The molecule has 0 saturated carbocycles. The number of benzene rings is 1. The van der Waals surface area contributed by atoms with Crippen LogP contribution in [0, 0.1) is 11.8 Å². The topological polar surface area (TPSA) is 396 Å². The van der Waals surface area contributed by atoms with E-state index in [2.05, 4.69) is 55.7 Å². The fraction of sp³-hybridized carbons (Fsp3) is 0.548. The van der Waals surface area contributed by atoms with Crippen molar-refractivity contribution in [3.8, 4) is 17.6 Å². The highest BCUT2D eigenvalue weighted by Crippen LogP contribution is 2.66. The third-order valence-corrected chi connectivity index (χ3v) is 11.7. The molecule has 2 aromatic rings. The minimum Gasteiger partial charge on any atom is -0.491 e. The quantitative estimate of drug-likeness (QED) is 0.0197. The Morgan fingerprint density at radius 2 is 1.89 bits per heavy atom. The second-order valence-electron chi connectivity index (χ2n) is 12.4. The van der Waals surface area contributed by atoms with E-state index in [4.69, 9.17) is 39.6 Å². The number of phosphoric acid groups is 2. The summed E-state index contributed by atoms with van der Waals surface area (Å²) in [7, 11) is -15.7. The summed E-state index contributed by atoms with van der Waals surface area (Å²) in [6.45, 7) is 0.516. The van der Waals surface area contributed by atoms with Crippen LogP contribution in [0.4, 0.5) is 0 Å². The monoisotopic (exact) mass is 936 g/mol. The van der Waals surface area contributed by atoms with E-state index in [1.165, 1.54) is 6.07 Å². The van der Waals surface area contributed by atoms with Gasteiger partial charge in [0, 0.05) is 41.2 Å². The van der Waals surface area contributed by atoms with Crippen molar-refractivity contribution in [3.63, 3.8) is 0 Å². The van der Waals surface area contributed by atoms with Crippen molar-refractivity contribution >= 4 is 35.1 Å². The van der Waals surface area contributed by atoms with Crippen molar-refractivity contribution in [2.75, 3.05) is 59.5 Å². The summed E-state index contributed by atoms with van der Waals surface area (Å²) in [6, 6.07) is 6.43. The number of carbonyl (C=O) groups excluding carboxylic acids is 2. The van der Waals surface area contributed by atoms with E-state index in [-0.39, 0.29) is 44.3 Å². The van der Waals surface area contributed by atoms with Gasteiger partial charge in [0.15, 0.2) is 6.23 Å². The first-order chi connectivity index (χ1) is 29.3. The van der Waals surface area contributed by atoms with Crippen molar-refractivity contribution in [2.45, 2.75) is 50.8 Å². The van der Waals surface area contributed by atoms with Crippen molar-refractivity contribution in [2.24, 2.45) is 10.2 Å². The molecule has 1 aromatic carbocycles. The summed E-state index contributed by atoms with van der Waals surface area (Å²) >= 11 is 0. The Balaban J connectivity index is 1.50. The van der Waals surface area contributed by atoms with E-state index in [1.807, 2.05) is 11.9 Å². The predicted molar refractivity (Wildman–Crippen MR) is 211 cm³/mol. The summed E-state index contributed by atoms with van der Waals surface area (Å²) in [4.78, 5) is 85.7. The molecule has 0 spiro atoms. The minimum atomic E-state index is -5.58. The average Bonchev–Trinajstić information content (AvgIpc) is 3.59. The minimum absolute atomic E-state index is 0.0882. The number of aromatic amines is 1. The number of hydrogen-bond donors (Lipinski definition) is 6. The molecule has 28 nitrogen and oxygen atoms in total. The lowest BCUT2D eigenvalue weighted by Gasteiger charge is -2.21. The van der Waals surface area contributed by atoms with E-state index >= 15 is 0 Å². The molecule has 31 heteroatoms. The fourth-order valence-electron chi connectivity index (χ4n) is 4.96. The third-order valence-electron chi connectivity index (χ3n) is 7.58. The largest absolute Gasteiger partial charge is 0.491 e. The number of aromatic nitrogens is 2. The number of azide groups is 2. The van der Waals surface area contributed by atoms with Gasteiger partial charge in [0.05, 0.1) is 32.5 Å². The van der Waals surface area contributed by atoms with Gasteiger partial charge in [-0.25, -0.2) is 18.2 Å². The number of H-pyrrole nitrogens is 1. The van der Waals surface area contributed by atoms with Crippen LogP contribution in [-0.4, -0.2) is 114 Å². The van der Waals surface area contributed by atoms with Gasteiger partial charge in [0.2, 0.25) is 5.91 Å². The highest BCUT2D eigenvalue weighted by atomic mass is 31.3. The Morgan fingerprint density at radius 1 is 1.11 bits per heavy atom. The van der Waals surface area contributed by atoms with Gasteiger partial charge in [-0.3, -0.25) is 33.0 Å². The van der Waals surface area contributed by atoms with Crippen LogP contribution in [0.25, 0.3) is 20.9 Å². The molecule has 1 saturated heterocycles. The van der Waals surface area contributed by atoms with Gasteiger partial charge in [0.25, 0.3) is 11.5 Å². The number of carbonyl (C=O) groups is 2. The molecule has 2 amide bonds. The smallest absolute Gasteiger partial charge is 0.488 e. The van der Waals surface area contributed by atoms with Crippen LogP contribution in [0.5, 0.6) is 5.75 Å². The molecule has 1 aliphatic heterocycles. The maximum atomic E-state index is 12.7. The maximum Gasteiger partial charge on any atom is 0.488 e. The standard InChI is InChI=1S/C31H43N10O18P3/c1-3-4-10-35-29(43)21-7-5-9-23(14-21)54-19-27(38-40-33)53-13-12-52-18-26(42)34-11-6-8-22-16-41(31(45)37-30(22)44)28-15-24(55-20-36-39-32)25(57-28)17-56-61(48,49)59-62(50,51)58-60(2,46)47/h5,7,9,14,16,24-25,27-28H,3-4,10-13,15,17-20H2,1-2H3,(H,34,42)(H,35,43)(H,46,47)(H,48,49)(H,50,51)(H,37,44,45)/t24-,25-,27?,28-/m1/s1. The highest BCUT2D eigenvalue weighted by molar-refractivity contribution is 7.68. The molecule has 0 bridgehead atoms. The zero-order valence-electron chi connectivity index (χ0n) is 32.9. The fourth-order valence-corrected chi connectivity index (χ4v) is 8.44. The van der Waals surface area contributed by atoms with E-state index in [0.717, 1.165) is 23.6 Å². The van der Waals surface area contributed by atoms with Gasteiger partial charge < -0.3 is 49.0 Å². The molecule has 0 radical (unpaired) electrons. The van der Waals surface area contributed by atoms with Crippen LogP contribution in [0.3, 0.4) is 0 Å². The van der Waals surface area contributed by atoms with Crippen LogP contribution in [0.1, 0.15) is 48.3 Å². The van der Waals surface area contributed by atoms with Crippen molar-refractivity contribution < 1.29 is 74.8 Å². The molecule has 1 fully saturated rings. The first kappa shape index (κ1) is 51.5. The number of unbranched alkanes of at least 4 members (excludes halogenated alkanes) is 1. The molecule has 7 atom stereocenters. The Hall–Kier alpha value is -4.89. The van der Waals surface area contributed by atoms with Crippen LogP contribution in [0.2, 0.25) is 0 Å². The Labute approximate surface area is 351 Å². The first-order valence-electron chi connectivity index (χ1n) is 18.0. The number of rotatable bonds is 26. The summed E-state index contributed by atoms with van der Waals surface area (Å²) in [6.07, 6.45) is -2.22. The first-order valence-corrected chi connectivity index (χ1v) is 23.0. The Kier molecular flexibility index (Phi) is 21.0. The van der Waals surface area contributed by atoms with Crippen LogP contribution in [-0.2, 0) is 50.6 Å². The summed E-state index contributed by atoms with van der Waals surface area (Å²) in [5.41, 5.74) is 15.8. The van der Waals surface area contributed by atoms with Gasteiger partial charge in [-0.15, -0.1) is 0 Å². The maximum absolute atomic E-state index is 12.7. The van der Waals surface area contributed by atoms with Crippen LogP contribution < -0.4 is 26.6 Å². The molecule has 6 N–H and O–H groups in total. The molecule has 0 aliphatic carbocycles.